The molecule has 0 aromatic rings. The summed E-state index contributed by atoms with van der Waals surface area (Å²) in [6, 6.07) is -0.171. The fourth-order valence-electron chi connectivity index (χ4n) is 5.42. The number of hydrogen-bond donors (Lipinski definition) is 3. The van der Waals surface area contributed by atoms with Crippen LogP contribution < -0.4 is 5.32 Å². The Bertz CT molecular complexity index is 816. The van der Waals surface area contributed by atoms with Gasteiger partial charge in [0.1, 0.15) is 5.70 Å². The molecular weight excluding hydrogens is 420 g/mol. The molecule has 0 aliphatic carbocycles. The van der Waals surface area contributed by atoms with Crippen LogP contribution in [0.15, 0.2) is 10.6 Å². The summed E-state index contributed by atoms with van der Waals surface area (Å²) in [5.41, 5.74) is 0.0487. The summed E-state index contributed by atoms with van der Waals surface area (Å²) in [4.78, 5) is 43.5. The molecule has 172 valence electrons. The summed E-state index contributed by atoms with van der Waals surface area (Å²) in [7, 11) is 4.07. The second-order valence-corrected chi connectivity index (χ2v) is 10.7. The van der Waals surface area contributed by atoms with E-state index in [0.29, 0.717) is 23.9 Å². The van der Waals surface area contributed by atoms with E-state index in [-0.39, 0.29) is 40.8 Å². The van der Waals surface area contributed by atoms with Crippen molar-refractivity contribution in [2.75, 3.05) is 33.7 Å². The predicted octanol–water partition coefficient (Wildman–Crippen LogP) is -0.234. The normalized spacial score (nSPS) is 36.3. The van der Waals surface area contributed by atoms with Gasteiger partial charge in [-0.2, -0.15) is 0 Å². The van der Waals surface area contributed by atoms with Crippen LogP contribution in [0.5, 0.6) is 0 Å². The minimum atomic E-state index is -1.11. The van der Waals surface area contributed by atoms with Gasteiger partial charge < -0.3 is 30.2 Å². The van der Waals surface area contributed by atoms with Crippen LogP contribution in [0.3, 0.4) is 0 Å². The lowest BCUT2D eigenvalue weighted by atomic mass is 9.79. The average Bonchev–Trinajstić information content (AvgIpc) is 3.40. The fourth-order valence-corrected chi connectivity index (χ4v) is 6.90. The van der Waals surface area contributed by atoms with Crippen molar-refractivity contribution in [1.29, 1.82) is 0 Å². The summed E-state index contributed by atoms with van der Waals surface area (Å²) >= 11 is 1.47. The zero-order valence-corrected chi connectivity index (χ0v) is 19.3. The van der Waals surface area contributed by atoms with E-state index in [2.05, 4.69) is 10.2 Å². The Kier molecular flexibility index (Phi) is 6.10. The maximum Gasteiger partial charge on any atom is 0.353 e. The third-order valence-electron chi connectivity index (χ3n) is 7.20. The number of carboxylic acid groups (broad SMARTS) is 1. The molecule has 2 amide bonds. The molecule has 4 heterocycles. The number of aliphatic hydroxyl groups is 1. The van der Waals surface area contributed by atoms with Gasteiger partial charge in [0.2, 0.25) is 11.8 Å². The van der Waals surface area contributed by atoms with E-state index in [9.17, 15) is 24.6 Å². The number of carbonyl (C=O) groups is 3. The van der Waals surface area contributed by atoms with Crippen LogP contribution in [-0.4, -0.2) is 106 Å². The summed E-state index contributed by atoms with van der Waals surface area (Å²) in [5.74, 6) is -2.02. The van der Waals surface area contributed by atoms with Gasteiger partial charge in [0.05, 0.1) is 24.1 Å². The molecule has 0 aromatic carbocycles. The van der Waals surface area contributed by atoms with Gasteiger partial charge in [-0.1, -0.05) is 6.92 Å². The molecule has 10 heteroatoms. The third-order valence-corrected chi connectivity index (χ3v) is 8.71. The summed E-state index contributed by atoms with van der Waals surface area (Å²) in [5, 5.41) is 23.1. The van der Waals surface area contributed by atoms with E-state index in [4.69, 9.17) is 0 Å². The first-order valence-electron chi connectivity index (χ1n) is 11.0. The number of carbonyl (C=O) groups excluding carboxylic acids is 2. The Hall–Kier alpha value is -1.62. The van der Waals surface area contributed by atoms with Crippen LogP contribution in [0.25, 0.3) is 0 Å². The monoisotopic (exact) mass is 452 g/mol. The third kappa shape index (κ3) is 3.77. The second-order valence-electron chi connectivity index (χ2n) is 9.40. The number of rotatable bonds is 6. The molecule has 4 aliphatic heterocycles. The van der Waals surface area contributed by atoms with Gasteiger partial charge in [-0.25, -0.2) is 4.79 Å². The molecule has 4 aliphatic rings. The van der Waals surface area contributed by atoms with Gasteiger partial charge >= 0.3 is 5.97 Å². The highest BCUT2D eigenvalue weighted by molar-refractivity contribution is 8.03. The van der Waals surface area contributed by atoms with Crippen molar-refractivity contribution in [3.63, 3.8) is 0 Å². The quantitative estimate of drug-likeness (QED) is 0.474. The number of fused-ring (bicyclic) bond motifs is 1. The summed E-state index contributed by atoms with van der Waals surface area (Å²) < 4.78 is 0. The Labute approximate surface area is 186 Å². The van der Waals surface area contributed by atoms with Gasteiger partial charge in [-0.05, 0) is 33.9 Å². The van der Waals surface area contributed by atoms with Gasteiger partial charge in [-0.15, -0.1) is 11.8 Å². The van der Waals surface area contributed by atoms with E-state index in [1.807, 2.05) is 25.9 Å². The molecule has 9 nitrogen and oxygen atoms in total. The van der Waals surface area contributed by atoms with Crippen molar-refractivity contribution in [3.05, 3.63) is 10.6 Å². The SMILES string of the molecule is C[C@@H](O)[C@H]1C(=O)N2C(C(=O)O)=C(S[C@@H]3CN[C@H](C(=O)N4CC[C@H](N(C)C)C4)C3)[C@H](C)[C@H]12. The van der Waals surface area contributed by atoms with Gasteiger partial charge in [0.15, 0.2) is 0 Å². The van der Waals surface area contributed by atoms with Crippen LogP contribution in [0.1, 0.15) is 26.7 Å². The van der Waals surface area contributed by atoms with Crippen molar-refractivity contribution in [1.82, 2.24) is 20.0 Å². The molecule has 31 heavy (non-hydrogen) atoms. The molecule has 3 N–H and O–H groups in total. The van der Waals surface area contributed by atoms with E-state index >= 15 is 0 Å². The molecule has 3 fully saturated rings. The van der Waals surface area contributed by atoms with Crippen molar-refractivity contribution >= 4 is 29.5 Å². The van der Waals surface area contributed by atoms with Crippen molar-refractivity contribution in [2.24, 2.45) is 11.8 Å². The zero-order valence-electron chi connectivity index (χ0n) is 18.4. The molecule has 0 spiro atoms. The molecule has 0 saturated carbocycles. The standard InChI is InChI=1S/C21H32N4O5S/c1-10-16-15(11(2)26)20(28)25(16)17(21(29)30)18(10)31-13-7-14(22-8-13)19(27)24-6-5-12(9-24)23(3)4/h10-16,22,26H,5-9H2,1-4H3,(H,29,30)/t10-,11-,12+,13+,14+,15-,16-/m1/s1. The highest BCUT2D eigenvalue weighted by atomic mass is 32.2. The first-order chi connectivity index (χ1) is 14.6. The minimum absolute atomic E-state index is 0.0487. The summed E-state index contributed by atoms with van der Waals surface area (Å²) in [6.07, 6.45) is 0.803. The number of β-lactam (4-membered cyclic amide) rings is 1. The first kappa shape index (κ1) is 22.6. The number of thioether (sulfide) groups is 1. The second kappa shape index (κ2) is 8.38. The molecule has 0 unspecified atom stereocenters. The van der Waals surface area contributed by atoms with Crippen LogP contribution in [0.4, 0.5) is 0 Å². The highest BCUT2D eigenvalue weighted by Crippen LogP contribution is 2.51. The van der Waals surface area contributed by atoms with E-state index in [0.717, 1.165) is 19.5 Å². The molecule has 3 saturated heterocycles. The topological polar surface area (TPSA) is 113 Å². The summed E-state index contributed by atoms with van der Waals surface area (Å²) in [6.45, 7) is 5.63. The van der Waals surface area contributed by atoms with Crippen LogP contribution in [0.2, 0.25) is 0 Å². The van der Waals surface area contributed by atoms with Crippen LogP contribution >= 0.6 is 11.8 Å². The number of likely N-dealkylation sites (N-methyl/N-ethyl adjacent to an activating group) is 1. The number of likely N-dealkylation sites (tertiary alicyclic amines) is 1. The number of amides is 2. The fraction of sp³-hybridized carbons (Fsp3) is 0.762. The van der Waals surface area contributed by atoms with E-state index in [1.54, 1.807) is 6.92 Å². The number of aliphatic hydroxyl groups excluding tert-OH is 1. The highest BCUT2D eigenvalue weighted by Gasteiger charge is 2.60. The number of hydrogen-bond acceptors (Lipinski definition) is 7. The molecule has 0 aromatic heterocycles. The maximum absolute atomic E-state index is 13.0. The van der Waals surface area contributed by atoms with Gasteiger partial charge in [-0.3, -0.25) is 9.59 Å². The van der Waals surface area contributed by atoms with Crippen molar-refractivity contribution in [2.45, 2.75) is 56.2 Å². The molecule has 0 radical (unpaired) electrons. The largest absolute Gasteiger partial charge is 0.477 e. The van der Waals surface area contributed by atoms with Gasteiger partial charge in [0.25, 0.3) is 0 Å². The number of nitrogens with zero attached hydrogens (tertiary/aromatic N) is 3. The average molecular weight is 453 g/mol. The predicted molar refractivity (Wildman–Crippen MR) is 116 cm³/mol. The Morgan fingerprint density at radius 1 is 1.32 bits per heavy atom. The lowest BCUT2D eigenvalue weighted by Gasteiger charge is -2.46. The number of carboxylic acids is 1. The van der Waals surface area contributed by atoms with Crippen LogP contribution in [-0.2, 0) is 14.4 Å². The van der Waals surface area contributed by atoms with Crippen molar-refractivity contribution < 1.29 is 24.6 Å². The lowest BCUT2D eigenvalue weighted by molar-refractivity contribution is -0.163. The molecular formula is C21H32N4O5S. The Morgan fingerprint density at radius 3 is 2.61 bits per heavy atom. The Balaban J connectivity index is 1.42. The smallest absolute Gasteiger partial charge is 0.353 e. The first-order valence-corrected chi connectivity index (χ1v) is 11.8. The molecule has 7 atom stereocenters. The van der Waals surface area contributed by atoms with E-state index < -0.39 is 18.0 Å². The molecule has 4 rings (SSSR count). The van der Waals surface area contributed by atoms with Crippen molar-refractivity contribution in [3.8, 4) is 0 Å². The van der Waals surface area contributed by atoms with Gasteiger partial charge in [0, 0.05) is 41.7 Å². The number of aliphatic carboxylic acids is 1. The molecule has 0 bridgehead atoms. The number of nitrogens with one attached hydrogen (secondary N) is 1. The zero-order chi connectivity index (χ0) is 22.6. The van der Waals surface area contributed by atoms with Crippen LogP contribution in [0, 0.1) is 11.8 Å². The maximum atomic E-state index is 13.0. The lowest BCUT2D eigenvalue weighted by Crippen LogP contribution is -2.63. The minimum Gasteiger partial charge on any atom is -0.477 e. The van der Waals surface area contributed by atoms with E-state index in [1.165, 1.54) is 16.7 Å². The Morgan fingerprint density at radius 2 is 2.03 bits per heavy atom.